The highest BCUT2D eigenvalue weighted by molar-refractivity contribution is 9.10. The van der Waals surface area contributed by atoms with E-state index in [1.807, 2.05) is 22.8 Å². The van der Waals surface area contributed by atoms with E-state index < -0.39 is 6.04 Å². The second kappa shape index (κ2) is 8.74. The predicted octanol–water partition coefficient (Wildman–Crippen LogP) is 3.35. The van der Waals surface area contributed by atoms with E-state index in [-0.39, 0.29) is 24.4 Å². The number of fused-ring (bicyclic) bond motifs is 4. The number of aromatic nitrogens is 4. The summed E-state index contributed by atoms with van der Waals surface area (Å²) in [5, 5.41) is 4.38. The number of amides is 2. The van der Waals surface area contributed by atoms with Crippen LogP contribution >= 0.6 is 15.9 Å². The lowest BCUT2D eigenvalue weighted by Crippen LogP contribution is -2.50. The normalized spacial score (nSPS) is 20.8. The van der Waals surface area contributed by atoms with Gasteiger partial charge in [0, 0.05) is 11.4 Å². The van der Waals surface area contributed by atoms with Gasteiger partial charge < -0.3 is 25.3 Å². The van der Waals surface area contributed by atoms with Gasteiger partial charge in [-0.15, -0.1) is 0 Å². The summed E-state index contributed by atoms with van der Waals surface area (Å²) in [7, 11) is 1.60. The van der Waals surface area contributed by atoms with Crippen LogP contribution in [0, 0.1) is 5.92 Å². The van der Waals surface area contributed by atoms with Crippen molar-refractivity contribution in [3.8, 4) is 5.75 Å². The van der Waals surface area contributed by atoms with Crippen LogP contribution in [0.2, 0.25) is 0 Å². The number of benzene rings is 1. The maximum atomic E-state index is 13.8. The van der Waals surface area contributed by atoms with Crippen molar-refractivity contribution in [2.24, 2.45) is 5.92 Å². The van der Waals surface area contributed by atoms with E-state index in [0.29, 0.717) is 45.4 Å². The average molecular weight is 550 g/mol. The number of likely N-dealkylation sites (tertiary alicyclic amines) is 1. The largest absolute Gasteiger partial charge is 0.497 e. The van der Waals surface area contributed by atoms with Gasteiger partial charge in [0.1, 0.15) is 46.5 Å². The zero-order chi connectivity index (χ0) is 25.0. The molecule has 2 amide bonds. The highest BCUT2D eigenvalue weighted by Gasteiger charge is 2.51. The zero-order valence-electron chi connectivity index (χ0n) is 19.5. The number of pyridine rings is 1. The molecule has 36 heavy (non-hydrogen) atoms. The Labute approximate surface area is 215 Å². The number of hydrogen-bond acceptors (Lipinski definition) is 7. The van der Waals surface area contributed by atoms with Gasteiger partial charge in [-0.3, -0.25) is 9.59 Å². The summed E-state index contributed by atoms with van der Waals surface area (Å²) in [6.45, 7) is 0.0327. The second-order valence-electron chi connectivity index (χ2n) is 9.22. The fourth-order valence-corrected chi connectivity index (χ4v) is 5.87. The first-order chi connectivity index (χ1) is 17.4. The molecule has 3 aromatic heterocycles. The highest BCUT2D eigenvalue weighted by atomic mass is 79.9. The van der Waals surface area contributed by atoms with Crippen molar-refractivity contribution < 1.29 is 14.3 Å². The van der Waals surface area contributed by atoms with E-state index in [2.05, 4.69) is 36.2 Å². The molecule has 6 rings (SSSR count). The number of nitrogen functional groups attached to an aromatic ring is 1. The fraction of sp³-hybridized carbons (Fsp3) is 0.320. The van der Waals surface area contributed by atoms with Gasteiger partial charge in [-0.25, -0.2) is 15.0 Å². The maximum absolute atomic E-state index is 13.8. The Morgan fingerprint density at radius 1 is 1.22 bits per heavy atom. The van der Waals surface area contributed by atoms with E-state index in [1.165, 1.54) is 6.33 Å². The molecule has 0 bridgehead atoms. The van der Waals surface area contributed by atoms with Gasteiger partial charge in [-0.05, 0) is 71.4 Å². The summed E-state index contributed by atoms with van der Waals surface area (Å²) in [5.41, 5.74) is 7.59. The number of carbonyl (C=O) groups excluding carboxylic acids is 2. The van der Waals surface area contributed by atoms with Crippen LogP contribution in [-0.2, 0) is 16.1 Å². The Kier molecular flexibility index (Phi) is 5.51. The van der Waals surface area contributed by atoms with Gasteiger partial charge in [-0.1, -0.05) is 6.07 Å². The molecular weight excluding hydrogens is 526 g/mol. The summed E-state index contributed by atoms with van der Waals surface area (Å²) in [4.78, 5) is 41.8. The third kappa shape index (κ3) is 3.65. The molecule has 0 spiro atoms. The number of carbonyl (C=O) groups is 2. The van der Waals surface area contributed by atoms with Crippen molar-refractivity contribution >= 4 is 61.3 Å². The van der Waals surface area contributed by atoms with Crippen LogP contribution in [-0.4, -0.2) is 55.4 Å². The van der Waals surface area contributed by atoms with E-state index in [4.69, 9.17) is 10.5 Å². The quantitative estimate of drug-likeness (QED) is 0.365. The summed E-state index contributed by atoms with van der Waals surface area (Å²) in [5.74, 6) is 1.44. The molecule has 4 heterocycles. The molecule has 1 aromatic carbocycles. The smallest absolute Gasteiger partial charge is 0.248 e. The Balaban J connectivity index is 1.34. The van der Waals surface area contributed by atoms with Crippen molar-refractivity contribution in [3.05, 3.63) is 47.3 Å². The standard InChI is InChI=1S/C25H24BrN7O3/c1-36-14-6-8-17-15(10-14)22-23(27)28-12-29-24(22)32(17)11-21(34)33-16-7-5-13(16)9-18(33)25(35)31-20-4-2-3-19(26)30-20/h2-4,6,8,10,12-13,16,18H,5,7,9,11H2,1H3,(H2,27,28,29)(H,30,31,35)/t13-,16-,18+/m1/s1. The topological polar surface area (TPSA) is 128 Å². The van der Waals surface area contributed by atoms with Crippen molar-refractivity contribution in [2.45, 2.75) is 37.9 Å². The van der Waals surface area contributed by atoms with Crippen molar-refractivity contribution in [1.29, 1.82) is 0 Å². The van der Waals surface area contributed by atoms with Crippen LogP contribution in [0.5, 0.6) is 5.75 Å². The van der Waals surface area contributed by atoms with Gasteiger partial charge in [0.2, 0.25) is 11.8 Å². The van der Waals surface area contributed by atoms with E-state index in [0.717, 1.165) is 23.7 Å². The minimum absolute atomic E-state index is 0.0327. The Morgan fingerprint density at radius 3 is 2.83 bits per heavy atom. The third-order valence-electron chi connectivity index (χ3n) is 7.32. The lowest BCUT2D eigenvalue weighted by atomic mass is 9.80. The molecule has 11 heteroatoms. The summed E-state index contributed by atoms with van der Waals surface area (Å²) in [6, 6.07) is 10.4. The molecule has 1 aliphatic heterocycles. The lowest BCUT2D eigenvalue weighted by Gasteiger charge is -2.37. The zero-order valence-corrected chi connectivity index (χ0v) is 21.1. The van der Waals surface area contributed by atoms with Gasteiger partial charge >= 0.3 is 0 Å². The predicted molar refractivity (Wildman–Crippen MR) is 138 cm³/mol. The van der Waals surface area contributed by atoms with Crippen LogP contribution in [0.1, 0.15) is 19.3 Å². The highest BCUT2D eigenvalue weighted by Crippen LogP contribution is 2.44. The summed E-state index contributed by atoms with van der Waals surface area (Å²) in [6.07, 6.45) is 3.96. The number of methoxy groups -OCH3 is 1. The minimum Gasteiger partial charge on any atom is -0.497 e. The van der Waals surface area contributed by atoms with Gasteiger partial charge in [0.05, 0.1) is 18.0 Å². The van der Waals surface area contributed by atoms with Crippen molar-refractivity contribution in [1.82, 2.24) is 24.4 Å². The molecule has 10 nitrogen and oxygen atoms in total. The van der Waals surface area contributed by atoms with Crippen LogP contribution in [0.3, 0.4) is 0 Å². The number of nitrogens with two attached hydrogens (primary N) is 1. The molecule has 3 atom stereocenters. The van der Waals surface area contributed by atoms with Gasteiger partial charge in [0.15, 0.2) is 0 Å². The van der Waals surface area contributed by atoms with Crippen LogP contribution in [0.25, 0.3) is 21.9 Å². The summed E-state index contributed by atoms with van der Waals surface area (Å²) >= 11 is 3.33. The number of rotatable bonds is 5. The van der Waals surface area contributed by atoms with Gasteiger partial charge in [-0.2, -0.15) is 0 Å². The molecule has 4 aromatic rings. The molecule has 0 radical (unpaired) electrons. The number of anilines is 2. The van der Waals surface area contributed by atoms with Crippen molar-refractivity contribution in [3.63, 3.8) is 0 Å². The van der Waals surface area contributed by atoms with E-state index >= 15 is 0 Å². The molecule has 1 aliphatic carbocycles. The molecule has 1 saturated heterocycles. The molecule has 2 fully saturated rings. The molecule has 2 aliphatic rings. The number of halogens is 1. The number of nitrogens with one attached hydrogen (secondary N) is 1. The Hall–Kier alpha value is -3.73. The monoisotopic (exact) mass is 549 g/mol. The van der Waals surface area contributed by atoms with Crippen LogP contribution < -0.4 is 15.8 Å². The first-order valence-electron chi connectivity index (χ1n) is 11.8. The van der Waals surface area contributed by atoms with Crippen molar-refractivity contribution in [2.75, 3.05) is 18.2 Å². The molecule has 0 unspecified atom stereocenters. The third-order valence-corrected chi connectivity index (χ3v) is 7.76. The number of nitrogens with zero attached hydrogens (tertiary/aromatic N) is 5. The van der Waals surface area contributed by atoms with E-state index in [9.17, 15) is 9.59 Å². The molecular formula is C25H24BrN7O3. The molecule has 184 valence electrons. The maximum Gasteiger partial charge on any atom is 0.248 e. The van der Waals surface area contributed by atoms with Crippen LogP contribution in [0.4, 0.5) is 11.6 Å². The SMILES string of the molecule is COc1ccc2c(c1)c1c(N)ncnc1n2CC(=O)N1[C@@H]2CC[C@@H]2C[C@H]1C(=O)Nc1cccc(Br)n1. The average Bonchev–Trinajstić information content (AvgIpc) is 3.30. The fourth-order valence-electron chi connectivity index (χ4n) is 5.52. The molecule has 1 saturated carbocycles. The Morgan fingerprint density at radius 2 is 2.08 bits per heavy atom. The van der Waals surface area contributed by atoms with E-state index in [1.54, 1.807) is 30.2 Å². The number of ether oxygens (including phenoxy) is 1. The van der Waals surface area contributed by atoms with Gasteiger partial charge in [0.25, 0.3) is 0 Å². The second-order valence-corrected chi connectivity index (χ2v) is 10.0. The molecule has 3 N–H and O–H groups in total. The van der Waals surface area contributed by atoms with Crippen LogP contribution in [0.15, 0.2) is 47.3 Å². The first-order valence-corrected chi connectivity index (χ1v) is 12.5. The number of hydrogen-bond donors (Lipinski definition) is 2. The summed E-state index contributed by atoms with van der Waals surface area (Å²) < 4.78 is 7.87. The minimum atomic E-state index is -0.552. The lowest BCUT2D eigenvalue weighted by molar-refractivity contribution is -0.140. The first kappa shape index (κ1) is 22.7. The Bertz CT molecular complexity index is 1520.